The molecule has 0 spiro atoms. The highest BCUT2D eigenvalue weighted by Gasteiger charge is 2.09. The summed E-state index contributed by atoms with van der Waals surface area (Å²) in [4.78, 5) is 0. The Balaban J connectivity index is 2.21. The number of anilines is 1. The van der Waals surface area contributed by atoms with Gasteiger partial charge in [0, 0.05) is 17.1 Å². The first-order chi connectivity index (χ1) is 8.97. The zero-order valence-corrected chi connectivity index (χ0v) is 12.4. The number of rotatable bonds is 3. The van der Waals surface area contributed by atoms with E-state index in [0.29, 0.717) is 32.9 Å². The summed E-state index contributed by atoms with van der Waals surface area (Å²) in [5.74, 6) is -0.265. The van der Waals surface area contributed by atoms with Crippen molar-refractivity contribution in [1.29, 1.82) is 0 Å². The van der Waals surface area contributed by atoms with Crippen molar-refractivity contribution in [1.82, 2.24) is 0 Å². The smallest absolute Gasteiger partial charge is 0.128 e. The first kappa shape index (κ1) is 14.4. The van der Waals surface area contributed by atoms with E-state index in [1.165, 1.54) is 6.07 Å². The van der Waals surface area contributed by atoms with Crippen LogP contribution in [0.2, 0.25) is 15.1 Å². The molecule has 0 aliphatic carbocycles. The lowest BCUT2D eigenvalue weighted by Gasteiger charge is -2.12. The molecule has 0 radical (unpaired) electrons. The molecule has 0 saturated heterocycles. The molecule has 100 valence electrons. The third-order valence-electron chi connectivity index (χ3n) is 2.66. The summed E-state index contributed by atoms with van der Waals surface area (Å²) in [7, 11) is 0. The molecule has 0 heterocycles. The van der Waals surface area contributed by atoms with Crippen molar-refractivity contribution >= 4 is 40.5 Å². The maximum absolute atomic E-state index is 13.6. The summed E-state index contributed by atoms with van der Waals surface area (Å²) >= 11 is 17.9. The molecular weight excluding hydrogens is 308 g/mol. The van der Waals surface area contributed by atoms with Gasteiger partial charge < -0.3 is 5.32 Å². The molecule has 2 aromatic carbocycles. The Morgan fingerprint density at radius 3 is 2.32 bits per heavy atom. The Bertz CT molecular complexity index is 591. The predicted molar refractivity (Wildman–Crippen MR) is 79.9 cm³/mol. The van der Waals surface area contributed by atoms with Crippen LogP contribution in [-0.2, 0) is 6.54 Å². The highest BCUT2D eigenvalue weighted by molar-refractivity contribution is 6.41. The third kappa shape index (κ3) is 3.53. The van der Waals surface area contributed by atoms with E-state index in [0.717, 1.165) is 5.56 Å². The number of nitrogens with one attached hydrogen (secondary N) is 1. The molecule has 0 aliphatic heterocycles. The monoisotopic (exact) mass is 317 g/mol. The molecule has 1 N–H and O–H groups in total. The molecule has 1 nitrogen and oxygen atoms in total. The van der Waals surface area contributed by atoms with Crippen LogP contribution in [0.5, 0.6) is 0 Å². The van der Waals surface area contributed by atoms with Gasteiger partial charge in [-0.05, 0) is 25.1 Å². The van der Waals surface area contributed by atoms with Crippen LogP contribution in [0.1, 0.15) is 11.1 Å². The van der Waals surface area contributed by atoms with Crippen LogP contribution in [0.3, 0.4) is 0 Å². The topological polar surface area (TPSA) is 12.0 Å². The summed E-state index contributed by atoms with van der Waals surface area (Å²) in [5, 5.41) is 4.31. The van der Waals surface area contributed by atoms with Gasteiger partial charge in [-0.15, -0.1) is 0 Å². The zero-order valence-electron chi connectivity index (χ0n) is 10.1. The first-order valence-electron chi connectivity index (χ1n) is 5.61. The molecule has 0 fully saturated rings. The molecular formula is C14H11Cl3FN. The van der Waals surface area contributed by atoms with Gasteiger partial charge in [0.2, 0.25) is 0 Å². The Morgan fingerprint density at radius 1 is 1.05 bits per heavy atom. The summed E-state index contributed by atoms with van der Waals surface area (Å²) in [6.07, 6.45) is 0. The predicted octanol–water partition coefficient (Wildman–Crippen LogP) is 5.71. The summed E-state index contributed by atoms with van der Waals surface area (Å²) in [6.45, 7) is 2.21. The maximum Gasteiger partial charge on any atom is 0.128 e. The second kappa shape index (κ2) is 6.00. The number of benzene rings is 2. The minimum absolute atomic E-state index is 0.265. The van der Waals surface area contributed by atoms with Crippen LogP contribution in [0, 0.1) is 12.7 Å². The van der Waals surface area contributed by atoms with E-state index >= 15 is 0 Å². The molecule has 0 amide bonds. The van der Waals surface area contributed by atoms with Gasteiger partial charge in [0.15, 0.2) is 0 Å². The highest BCUT2D eigenvalue weighted by atomic mass is 35.5. The highest BCUT2D eigenvalue weighted by Crippen LogP contribution is 2.34. The van der Waals surface area contributed by atoms with Crippen LogP contribution in [0.4, 0.5) is 10.1 Å². The average molecular weight is 319 g/mol. The van der Waals surface area contributed by atoms with Gasteiger partial charge >= 0.3 is 0 Å². The average Bonchev–Trinajstić information content (AvgIpc) is 2.32. The lowest BCUT2D eigenvalue weighted by Crippen LogP contribution is -2.03. The van der Waals surface area contributed by atoms with E-state index < -0.39 is 0 Å². The van der Waals surface area contributed by atoms with E-state index in [1.54, 1.807) is 24.3 Å². The van der Waals surface area contributed by atoms with Crippen LogP contribution in [0.15, 0.2) is 30.3 Å². The Labute approximate surface area is 126 Å². The minimum atomic E-state index is -0.265. The summed E-state index contributed by atoms with van der Waals surface area (Å²) in [6, 6.07) is 8.12. The second-order valence-electron chi connectivity index (χ2n) is 4.19. The molecule has 2 aromatic rings. The van der Waals surface area contributed by atoms with Crippen LogP contribution < -0.4 is 5.32 Å². The standard InChI is InChI=1S/C14H11Cl3FN/c1-8-2-3-13(18)9(4-8)7-19-14-11(16)5-10(15)6-12(14)17/h2-6,19H,7H2,1H3. The fourth-order valence-corrected chi connectivity index (χ4v) is 2.68. The molecule has 2 rings (SSSR count). The molecule has 0 aromatic heterocycles. The quantitative estimate of drug-likeness (QED) is 0.764. The molecule has 19 heavy (non-hydrogen) atoms. The molecule has 0 aliphatic rings. The summed E-state index contributed by atoms with van der Waals surface area (Å²) in [5.41, 5.74) is 2.10. The lowest BCUT2D eigenvalue weighted by atomic mass is 10.1. The largest absolute Gasteiger partial charge is 0.378 e. The Hall–Kier alpha value is -0.960. The van der Waals surface area contributed by atoms with Gasteiger partial charge in [-0.25, -0.2) is 4.39 Å². The van der Waals surface area contributed by atoms with Crippen LogP contribution >= 0.6 is 34.8 Å². The Morgan fingerprint density at radius 2 is 1.68 bits per heavy atom. The van der Waals surface area contributed by atoms with Crippen molar-refractivity contribution in [3.8, 4) is 0 Å². The zero-order chi connectivity index (χ0) is 14.0. The molecule has 0 bridgehead atoms. The van der Waals surface area contributed by atoms with Gasteiger partial charge in [0.25, 0.3) is 0 Å². The van der Waals surface area contributed by atoms with Crippen molar-refractivity contribution in [3.63, 3.8) is 0 Å². The van der Waals surface area contributed by atoms with Crippen LogP contribution in [-0.4, -0.2) is 0 Å². The fraction of sp³-hybridized carbons (Fsp3) is 0.143. The first-order valence-corrected chi connectivity index (χ1v) is 6.74. The van der Waals surface area contributed by atoms with Crippen LogP contribution in [0.25, 0.3) is 0 Å². The van der Waals surface area contributed by atoms with Crippen molar-refractivity contribution in [3.05, 3.63) is 62.3 Å². The number of halogens is 4. The number of hydrogen-bond acceptors (Lipinski definition) is 1. The van der Waals surface area contributed by atoms with E-state index in [-0.39, 0.29) is 5.82 Å². The van der Waals surface area contributed by atoms with Crippen molar-refractivity contribution in [2.45, 2.75) is 13.5 Å². The van der Waals surface area contributed by atoms with Gasteiger partial charge in [-0.3, -0.25) is 0 Å². The number of hydrogen-bond donors (Lipinski definition) is 1. The molecule has 0 unspecified atom stereocenters. The van der Waals surface area contributed by atoms with Crippen molar-refractivity contribution < 1.29 is 4.39 Å². The van der Waals surface area contributed by atoms with Gasteiger partial charge in [-0.2, -0.15) is 0 Å². The number of aryl methyl sites for hydroxylation is 1. The third-order valence-corrected chi connectivity index (χ3v) is 3.48. The SMILES string of the molecule is Cc1ccc(F)c(CNc2c(Cl)cc(Cl)cc2Cl)c1. The van der Waals surface area contributed by atoms with E-state index in [1.807, 2.05) is 6.92 Å². The van der Waals surface area contributed by atoms with Gasteiger partial charge in [0.05, 0.1) is 15.7 Å². The molecule has 5 heteroatoms. The van der Waals surface area contributed by atoms with Gasteiger partial charge in [0.1, 0.15) is 5.82 Å². The normalized spacial score (nSPS) is 10.6. The van der Waals surface area contributed by atoms with Crippen molar-refractivity contribution in [2.75, 3.05) is 5.32 Å². The maximum atomic E-state index is 13.6. The van der Waals surface area contributed by atoms with E-state index in [2.05, 4.69) is 5.32 Å². The second-order valence-corrected chi connectivity index (χ2v) is 5.44. The van der Waals surface area contributed by atoms with Gasteiger partial charge in [-0.1, -0.05) is 52.5 Å². The van der Waals surface area contributed by atoms with E-state index in [9.17, 15) is 4.39 Å². The lowest BCUT2D eigenvalue weighted by molar-refractivity contribution is 0.612. The fourth-order valence-electron chi connectivity index (χ4n) is 1.73. The molecule has 0 atom stereocenters. The van der Waals surface area contributed by atoms with E-state index in [4.69, 9.17) is 34.8 Å². The summed E-state index contributed by atoms with van der Waals surface area (Å²) < 4.78 is 13.6. The minimum Gasteiger partial charge on any atom is -0.378 e. The molecule has 0 saturated carbocycles. The van der Waals surface area contributed by atoms with Crippen molar-refractivity contribution in [2.24, 2.45) is 0 Å². The Kier molecular flexibility index (Phi) is 4.56.